The number of benzene rings is 2. The van der Waals surface area contributed by atoms with Crippen molar-refractivity contribution in [3.05, 3.63) is 86.6 Å². The minimum absolute atomic E-state index is 0.324. The van der Waals surface area contributed by atoms with E-state index >= 15 is 0 Å². The first-order chi connectivity index (χ1) is 13.8. The van der Waals surface area contributed by atoms with Crippen molar-refractivity contribution in [2.75, 3.05) is 5.01 Å². The predicted octanol–water partition coefficient (Wildman–Crippen LogP) is 4.07. The number of H-pyrrole nitrogens is 1. The van der Waals surface area contributed by atoms with Gasteiger partial charge in [-0.1, -0.05) is 11.6 Å². The van der Waals surface area contributed by atoms with Gasteiger partial charge >= 0.3 is 0 Å². The number of rotatable bonds is 3. The molecule has 0 unspecified atom stereocenters. The lowest BCUT2D eigenvalue weighted by Gasteiger charge is -2.11. The number of halogens is 2. The highest BCUT2D eigenvalue weighted by atomic mass is 35.5. The van der Waals surface area contributed by atoms with Gasteiger partial charge in [0.15, 0.2) is 0 Å². The van der Waals surface area contributed by atoms with Crippen LogP contribution in [0, 0.1) is 12.7 Å². The van der Waals surface area contributed by atoms with Crippen molar-refractivity contribution in [2.45, 2.75) is 13.8 Å². The minimum Gasteiger partial charge on any atom is -0.295 e. The number of carbonyl (C=O) groups is 1. The van der Waals surface area contributed by atoms with E-state index in [1.165, 1.54) is 40.0 Å². The van der Waals surface area contributed by atoms with Crippen LogP contribution in [0.5, 0.6) is 0 Å². The smallest absolute Gasteiger partial charge is 0.280 e. The van der Waals surface area contributed by atoms with Crippen molar-refractivity contribution in [3.63, 3.8) is 0 Å². The number of hydrogen-bond acceptors (Lipinski definition) is 3. The molecule has 0 bridgehead atoms. The number of aryl methyl sites for hydroxylation is 1. The number of amides is 1. The van der Waals surface area contributed by atoms with E-state index in [1.807, 2.05) is 0 Å². The highest BCUT2D eigenvalue weighted by Gasteiger charge is 2.29. The Labute approximate surface area is 170 Å². The predicted molar refractivity (Wildman–Crippen MR) is 111 cm³/mol. The summed E-state index contributed by atoms with van der Waals surface area (Å²) in [6.07, 6.45) is 1.53. The van der Waals surface area contributed by atoms with Crippen LogP contribution in [0.15, 0.2) is 64.0 Å². The van der Waals surface area contributed by atoms with E-state index in [2.05, 4.69) is 10.2 Å². The Morgan fingerprint density at radius 1 is 1.00 bits per heavy atom. The maximum Gasteiger partial charge on any atom is 0.280 e. The monoisotopic (exact) mass is 410 g/mol. The molecule has 0 atom stereocenters. The largest absolute Gasteiger partial charge is 0.295 e. The van der Waals surface area contributed by atoms with Gasteiger partial charge in [-0.05, 0) is 68.5 Å². The van der Waals surface area contributed by atoms with Crippen LogP contribution in [0.25, 0.3) is 11.8 Å². The Kier molecular flexibility index (Phi) is 4.68. The molecule has 146 valence electrons. The van der Waals surface area contributed by atoms with Crippen molar-refractivity contribution >= 4 is 35.0 Å². The van der Waals surface area contributed by atoms with Crippen molar-refractivity contribution in [1.82, 2.24) is 9.78 Å². The SMILES string of the molecule is CC1=NN(c2ccc(Cl)cc2)C(=O)/C1=C/c1c(C)[nH]n(-c2ccc(F)cc2)c1=O. The van der Waals surface area contributed by atoms with E-state index < -0.39 is 5.82 Å². The first-order valence-corrected chi connectivity index (χ1v) is 9.18. The molecule has 0 spiro atoms. The summed E-state index contributed by atoms with van der Waals surface area (Å²) < 4.78 is 14.5. The topological polar surface area (TPSA) is 70.5 Å². The highest BCUT2D eigenvalue weighted by Crippen LogP contribution is 2.26. The van der Waals surface area contributed by atoms with Gasteiger partial charge in [0, 0.05) is 10.7 Å². The number of anilines is 1. The molecular formula is C21H16ClFN4O2. The first kappa shape index (κ1) is 18.9. The van der Waals surface area contributed by atoms with Gasteiger partial charge in [0.1, 0.15) is 5.82 Å². The molecule has 8 heteroatoms. The van der Waals surface area contributed by atoms with Crippen LogP contribution in [0.4, 0.5) is 10.1 Å². The van der Waals surface area contributed by atoms with Crippen LogP contribution in [0.3, 0.4) is 0 Å². The molecule has 1 aromatic heterocycles. The zero-order valence-electron chi connectivity index (χ0n) is 15.6. The summed E-state index contributed by atoms with van der Waals surface area (Å²) in [7, 11) is 0. The Morgan fingerprint density at radius 3 is 2.28 bits per heavy atom. The third kappa shape index (κ3) is 3.40. The number of hydrogen-bond donors (Lipinski definition) is 1. The van der Waals surface area contributed by atoms with Gasteiger partial charge in [-0.2, -0.15) is 10.1 Å². The third-order valence-corrected chi connectivity index (χ3v) is 4.88. The average Bonchev–Trinajstić information content (AvgIpc) is 3.14. The Morgan fingerprint density at radius 2 is 1.62 bits per heavy atom. The van der Waals surface area contributed by atoms with Gasteiger partial charge < -0.3 is 0 Å². The second kappa shape index (κ2) is 7.18. The Balaban J connectivity index is 1.72. The molecule has 3 aromatic rings. The summed E-state index contributed by atoms with van der Waals surface area (Å²) in [6, 6.07) is 12.3. The lowest BCUT2D eigenvalue weighted by Crippen LogP contribution is -2.21. The fourth-order valence-electron chi connectivity index (χ4n) is 3.09. The standard InChI is InChI=1S/C21H16ClFN4O2/c1-12-18(20(28)26(24-12)16-7-3-14(22)4-8-16)11-19-13(2)25-27(21(19)29)17-9-5-15(23)6-10-17/h3-11,25H,1-2H3/b18-11+. The number of nitrogens with zero attached hydrogens (tertiary/aromatic N) is 3. The van der Waals surface area contributed by atoms with Crippen molar-refractivity contribution < 1.29 is 9.18 Å². The van der Waals surface area contributed by atoms with Crippen molar-refractivity contribution in [1.29, 1.82) is 0 Å². The van der Waals surface area contributed by atoms with E-state index in [4.69, 9.17) is 11.6 Å². The van der Waals surface area contributed by atoms with E-state index in [0.717, 1.165) is 0 Å². The Hall–Kier alpha value is -3.45. The normalized spacial score (nSPS) is 15.3. The van der Waals surface area contributed by atoms with Crippen LogP contribution >= 0.6 is 11.6 Å². The third-order valence-electron chi connectivity index (χ3n) is 4.62. The zero-order chi connectivity index (χ0) is 20.7. The fraction of sp³-hybridized carbons (Fsp3) is 0.0952. The van der Waals surface area contributed by atoms with Crippen molar-refractivity contribution in [3.8, 4) is 5.69 Å². The Bertz CT molecular complexity index is 1220. The summed E-state index contributed by atoms with van der Waals surface area (Å²) in [5.74, 6) is -0.726. The second-order valence-electron chi connectivity index (χ2n) is 6.60. The van der Waals surface area contributed by atoms with Crippen LogP contribution < -0.4 is 10.6 Å². The summed E-state index contributed by atoms with van der Waals surface area (Å²) in [5, 5.41) is 9.10. The molecule has 1 amide bonds. The molecule has 29 heavy (non-hydrogen) atoms. The molecule has 1 N–H and O–H groups in total. The number of carbonyl (C=O) groups excluding carboxylic acids is 1. The zero-order valence-corrected chi connectivity index (χ0v) is 16.4. The van der Waals surface area contributed by atoms with Crippen LogP contribution in [0.2, 0.25) is 5.02 Å². The average molecular weight is 411 g/mol. The van der Waals surface area contributed by atoms with Gasteiger partial charge in [-0.15, -0.1) is 0 Å². The summed E-state index contributed by atoms with van der Waals surface area (Å²) in [6.45, 7) is 3.44. The minimum atomic E-state index is -0.391. The molecule has 1 aliphatic rings. The number of aromatic nitrogens is 2. The van der Waals surface area contributed by atoms with Gasteiger partial charge in [0.05, 0.1) is 28.2 Å². The van der Waals surface area contributed by atoms with E-state index in [9.17, 15) is 14.0 Å². The lowest BCUT2D eigenvalue weighted by molar-refractivity contribution is -0.114. The van der Waals surface area contributed by atoms with E-state index in [1.54, 1.807) is 38.1 Å². The summed E-state index contributed by atoms with van der Waals surface area (Å²) in [4.78, 5) is 25.8. The summed E-state index contributed by atoms with van der Waals surface area (Å²) in [5.41, 5.74) is 2.48. The molecule has 0 saturated carbocycles. The number of hydrazone groups is 1. The molecule has 0 fully saturated rings. The van der Waals surface area contributed by atoms with E-state index in [-0.39, 0.29) is 11.5 Å². The van der Waals surface area contributed by atoms with Crippen molar-refractivity contribution in [2.24, 2.45) is 5.10 Å². The number of nitrogens with one attached hydrogen (secondary N) is 1. The highest BCUT2D eigenvalue weighted by molar-refractivity contribution is 6.32. The van der Waals surface area contributed by atoms with Gasteiger partial charge in [0.2, 0.25) is 0 Å². The van der Waals surface area contributed by atoms with Gasteiger partial charge in [0.25, 0.3) is 11.5 Å². The maximum atomic E-state index is 13.2. The summed E-state index contributed by atoms with van der Waals surface area (Å²) >= 11 is 5.90. The first-order valence-electron chi connectivity index (χ1n) is 8.80. The molecule has 2 aromatic carbocycles. The fourth-order valence-corrected chi connectivity index (χ4v) is 3.21. The lowest BCUT2D eigenvalue weighted by atomic mass is 10.1. The molecule has 0 aliphatic carbocycles. The molecule has 4 rings (SSSR count). The van der Waals surface area contributed by atoms with Crippen LogP contribution in [-0.4, -0.2) is 21.4 Å². The maximum absolute atomic E-state index is 13.2. The molecule has 0 radical (unpaired) electrons. The van der Waals surface area contributed by atoms with Gasteiger partial charge in [-0.3, -0.25) is 14.7 Å². The van der Waals surface area contributed by atoms with Gasteiger partial charge in [-0.25, -0.2) is 9.07 Å². The molecule has 1 aliphatic heterocycles. The van der Waals surface area contributed by atoms with E-state index in [0.29, 0.717) is 38.9 Å². The quantitative estimate of drug-likeness (QED) is 0.661. The molecule has 6 nitrogen and oxygen atoms in total. The molecule has 0 saturated heterocycles. The van der Waals surface area contributed by atoms with Crippen LogP contribution in [0.1, 0.15) is 18.2 Å². The second-order valence-corrected chi connectivity index (χ2v) is 7.04. The number of aromatic amines is 1. The van der Waals surface area contributed by atoms with Crippen LogP contribution in [-0.2, 0) is 4.79 Å². The molecular weight excluding hydrogens is 395 g/mol. The molecule has 2 heterocycles.